The van der Waals surface area contributed by atoms with Crippen molar-refractivity contribution in [1.29, 1.82) is 0 Å². The second-order valence-electron chi connectivity index (χ2n) is 7.79. The molecule has 2 aromatic rings. The van der Waals surface area contributed by atoms with E-state index >= 15 is 0 Å². The highest BCUT2D eigenvalue weighted by Crippen LogP contribution is 2.22. The predicted molar refractivity (Wildman–Crippen MR) is 112 cm³/mol. The summed E-state index contributed by atoms with van der Waals surface area (Å²) in [4.78, 5) is 12.8. The molecule has 0 bridgehead atoms. The molecule has 150 valence electrons. The average Bonchev–Trinajstić information content (AvgIpc) is 2.99. The fourth-order valence-corrected chi connectivity index (χ4v) is 4.25. The number of rotatable bonds is 4. The third-order valence-corrected chi connectivity index (χ3v) is 5.82. The Labute approximate surface area is 166 Å². The Morgan fingerprint density at radius 1 is 1.14 bits per heavy atom. The summed E-state index contributed by atoms with van der Waals surface area (Å²) in [6.07, 6.45) is 5.44. The molecular weight excluding hydrogens is 352 g/mol. The normalized spacial score (nSPS) is 20.8. The van der Waals surface area contributed by atoms with Crippen molar-refractivity contribution in [3.05, 3.63) is 34.2 Å². The van der Waals surface area contributed by atoms with E-state index in [9.17, 15) is 4.79 Å². The molecule has 2 N–H and O–H groups in total. The maximum absolute atomic E-state index is 12.8. The monoisotopic (exact) mass is 382 g/mol. The van der Waals surface area contributed by atoms with Crippen molar-refractivity contribution in [2.75, 3.05) is 32.8 Å². The summed E-state index contributed by atoms with van der Waals surface area (Å²) in [6, 6.07) is 6.33. The Hall–Kier alpha value is -2.07. The van der Waals surface area contributed by atoms with Gasteiger partial charge in [0.1, 0.15) is 0 Å². The van der Waals surface area contributed by atoms with Crippen LogP contribution < -0.4 is 16.3 Å². The Balaban J connectivity index is 1.45. The minimum absolute atomic E-state index is 0.0594. The van der Waals surface area contributed by atoms with Crippen LogP contribution in [0, 0.1) is 11.8 Å². The summed E-state index contributed by atoms with van der Waals surface area (Å²) in [5, 5.41) is 6.75. The number of hydrogen-bond acceptors (Lipinski definition) is 4. The highest BCUT2D eigenvalue weighted by atomic mass is 16.5. The van der Waals surface area contributed by atoms with Crippen molar-refractivity contribution >= 4 is 11.0 Å². The molecule has 0 aliphatic carbocycles. The summed E-state index contributed by atoms with van der Waals surface area (Å²) in [6.45, 7) is 4.68. The van der Waals surface area contributed by atoms with Crippen molar-refractivity contribution in [3.8, 4) is 11.8 Å². The van der Waals surface area contributed by atoms with Crippen LogP contribution in [-0.4, -0.2) is 48.0 Å². The van der Waals surface area contributed by atoms with E-state index < -0.39 is 0 Å². The van der Waals surface area contributed by atoms with Crippen LogP contribution in [0.4, 0.5) is 0 Å². The van der Waals surface area contributed by atoms with Crippen LogP contribution in [-0.2, 0) is 11.8 Å². The Kier molecular flexibility index (Phi) is 6.16. The Morgan fingerprint density at radius 2 is 2.00 bits per heavy atom. The number of piperidine rings is 2. The van der Waals surface area contributed by atoms with Crippen LogP contribution in [0.2, 0.25) is 0 Å². The first-order chi connectivity index (χ1) is 13.7. The van der Waals surface area contributed by atoms with E-state index in [0.29, 0.717) is 12.7 Å². The van der Waals surface area contributed by atoms with Crippen LogP contribution in [0.15, 0.2) is 23.0 Å². The summed E-state index contributed by atoms with van der Waals surface area (Å²) >= 11 is 0. The van der Waals surface area contributed by atoms with Gasteiger partial charge in [-0.05, 0) is 63.5 Å². The predicted octanol–water partition coefficient (Wildman–Crippen LogP) is 1.77. The van der Waals surface area contributed by atoms with E-state index in [1.807, 2.05) is 29.8 Å². The van der Waals surface area contributed by atoms with Crippen LogP contribution in [0.1, 0.15) is 43.7 Å². The van der Waals surface area contributed by atoms with E-state index in [1.165, 1.54) is 0 Å². The van der Waals surface area contributed by atoms with Gasteiger partial charge < -0.3 is 15.4 Å². The summed E-state index contributed by atoms with van der Waals surface area (Å²) in [5.41, 5.74) is 2.96. The molecule has 28 heavy (non-hydrogen) atoms. The number of fused-ring (bicyclic) bond motifs is 1. The second kappa shape index (κ2) is 8.95. The molecule has 1 aromatic carbocycles. The molecule has 1 unspecified atom stereocenters. The number of hydrogen-bond donors (Lipinski definition) is 2. The molecular formula is C22H30N4O2. The van der Waals surface area contributed by atoms with Gasteiger partial charge in [0.05, 0.1) is 29.8 Å². The van der Waals surface area contributed by atoms with Crippen molar-refractivity contribution in [2.45, 2.75) is 44.2 Å². The quantitative estimate of drug-likeness (QED) is 0.625. The third-order valence-electron chi connectivity index (χ3n) is 5.82. The first kappa shape index (κ1) is 19.3. The molecule has 0 radical (unpaired) electrons. The number of nitrogens with one attached hydrogen (secondary N) is 2. The number of benzene rings is 1. The van der Waals surface area contributed by atoms with Gasteiger partial charge in [-0.2, -0.15) is 0 Å². The van der Waals surface area contributed by atoms with Gasteiger partial charge in [0.25, 0.3) is 0 Å². The fraction of sp³-hybridized carbons (Fsp3) is 0.591. The van der Waals surface area contributed by atoms with Gasteiger partial charge in [0.2, 0.25) is 0 Å². The lowest BCUT2D eigenvalue weighted by Crippen LogP contribution is -2.36. The van der Waals surface area contributed by atoms with E-state index in [4.69, 9.17) is 4.74 Å². The minimum Gasteiger partial charge on any atom is -0.377 e. The van der Waals surface area contributed by atoms with E-state index in [-0.39, 0.29) is 11.7 Å². The van der Waals surface area contributed by atoms with Crippen molar-refractivity contribution in [2.24, 2.45) is 7.05 Å². The number of nitrogens with zero attached hydrogens (tertiary/aromatic N) is 2. The number of ether oxygens (including phenoxy) is 1. The molecule has 1 atom stereocenters. The molecule has 2 fully saturated rings. The van der Waals surface area contributed by atoms with Crippen LogP contribution in [0.25, 0.3) is 11.0 Å². The van der Waals surface area contributed by atoms with Crippen molar-refractivity contribution in [3.63, 3.8) is 0 Å². The lowest BCUT2D eigenvalue weighted by atomic mass is 10.1. The largest absolute Gasteiger partial charge is 0.377 e. The molecule has 0 spiro atoms. The zero-order chi connectivity index (χ0) is 19.3. The molecule has 2 saturated heterocycles. The smallest absolute Gasteiger partial charge is 0.329 e. The number of aryl methyl sites for hydroxylation is 1. The zero-order valence-corrected chi connectivity index (χ0v) is 16.7. The number of imidazole rings is 1. The first-order valence-electron chi connectivity index (χ1n) is 10.5. The lowest BCUT2D eigenvalue weighted by molar-refractivity contribution is 0.0366. The summed E-state index contributed by atoms with van der Waals surface area (Å²) in [5.74, 6) is 6.45. The molecule has 4 rings (SSSR count). The SMILES string of the molecule is Cn1c(=O)n(C2CCCNC2)c2ccc(C#CCCOC3CCNCC3)cc21. The molecule has 0 saturated carbocycles. The summed E-state index contributed by atoms with van der Waals surface area (Å²) in [7, 11) is 1.85. The van der Waals surface area contributed by atoms with Gasteiger partial charge in [0, 0.05) is 25.6 Å². The standard InChI is InChI=1S/C22H30N4O2/c1-25-21-15-17(5-2-3-14-28-19-9-12-23-13-10-19)7-8-20(21)26(22(25)27)18-6-4-11-24-16-18/h7-8,15,18-19,23-24H,3-4,6,9-14,16H2,1H3. The average molecular weight is 383 g/mol. The maximum atomic E-state index is 12.8. The molecule has 3 heterocycles. The maximum Gasteiger partial charge on any atom is 0.329 e. The Morgan fingerprint density at radius 3 is 2.79 bits per heavy atom. The van der Waals surface area contributed by atoms with Gasteiger partial charge in [-0.25, -0.2) is 4.79 Å². The minimum atomic E-state index is 0.0594. The third kappa shape index (κ3) is 4.17. The molecule has 2 aliphatic heterocycles. The molecule has 1 aromatic heterocycles. The molecule has 2 aliphatic rings. The lowest BCUT2D eigenvalue weighted by Gasteiger charge is -2.23. The Bertz CT molecular complexity index is 922. The van der Waals surface area contributed by atoms with Gasteiger partial charge in [-0.1, -0.05) is 11.8 Å². The van der Waals surface area contributed by atoms with Gasteiger partial charge >= 0.3 is 5.69 Å². The highest BCUT2D eigenvalue weighted by molar-refractivity contribution is 5.78. The van der Waals surface area contributed by atoms with Gasteiger partial charge in [-0.3, -0.25) is 9.13 Å². The van der Waals surface area contributed by atoms with Crippen LogP contribution in [0.5, 0.6) is 0 Å². The van der Waals surface area contributed by atoms with E-state index in [1.54, 1.807) is 4.57 Å². The topological polar surface area (TPSA) is 60.2 Å². The number of aromatic nitrogens is 2. The highest BCUT2D eigenvalue weighted by Gasteiger charge is 2.21. The summed E-state index contributed by atoms with van der Waals surface area (Å²) < 4.78 is 9.59. The van der Waals surface area contributed by atoms with Crippen molar-refractivity contribution < 1.29 is 4.74 Å². The first-order valence-corrected chi connectivity index (χ1v) is 10.5. The van der Waals surface area contributed by atoms with E-state index in [2.05, 4.69) is 22.5 Å². The zero-order valence-electron chi connectivity index (χ0n) is 16.7. The van der Waals surface area contributed by atoms with E-state index in [0.717, 1.165) is 74.9 Å². The van der Waals surface area contributed by atoms with Crippen LogP contribution in [0.3, 0.4) is 0 Å². The fourth-order valence-electron chi connectivity index (χ4n) is 4.25. The second-order valence-corrected chi connectivity index (χ2v) is 7.79. The van der Waals surface area contributed by atoms with Gasteiger partial charge in [0.15, 0.2) is 0 Å². The molecule has 6 heteroatoms. The van der Waals surface area contributed by atoms with Gasteiger partial charge in [-0.15, -0.1) is 0 Å². The molecule has 0 amide bonds. The van der Waals surface area contributed by atoms with Crippen molar-refractivity contribution in [1.82, 2.24) is 19.8 Å². The molecule has 6 nitrogen and oxygen atoms in total. The van der Waals surface area contributed by atoms with Crippen LogP contribution >= 0.6 is 0 Å².